The van der Waals surface area contributed by atoms with Crippen LogP contribution in [-0.4, -0.2) is 35.5 Å². The third kappa shape index (κ3) is 9.93. The number of nitrogens with two attached hydrogens (primary N) is 1. The zero-order chi connectivity index (χ0) is 20.9. The summed E-state index contributed by atoms with van der Waals surface area (Å²) in [4.78, 5) is 11.3. The van der Waals surface area contributed by atoms with E-state index < -0.39 is 0 Å². The van der Waals surface area contributed by atoms with Gasteiger partial charge >= 0.3 is 0 Å². The summed E-state index contributed by atoms with van der Waals surface area (Å²) < 4.78 is 0. The molecule has 164 valence electrons. The first-order chi connectivity index (χ1) is 14.8. The molecule has 0 aliphatic carbocycles. The minimum absolute atomic E-state index is 0. The van der Waals surface area contributed by atoms with Gasteiger partial charge in [0.1, 0.15) is 0 Å². The number of hydrogen-bond donors (Lipinski definition) is 2. The molecule has 1 aromatic heterocycles. The van der Waals surface area contributed by atoms with Crippen LogP contribution in [0.3, 0.4) is 0 Å². The lowest BCUT2D eigenvalue weighted by molar-refractivity contribution is 0.255. The molecule has 0 saturated heterocycles. The summed E-state index contributed by atoms with van der Waals surface area (Å²) in [5.74, 6) is 0.503. The molecule has 0 amide bonds. The van der Waals surface area contributed by atoms with Crippen molar-refractivity contribution in [1.82, 2.24) is 15.2 Å². The van der Waals surface area contributed by atoms with Crippen LogP contribution in [-0.2, 0) is 19.5 Å². The molecule has 0 atom stereocenters. The van der Waals surface area contributed by atoms with Gasteiger partial charge < -0.3 is 11.1 Å². The third-order valence-corrected chi connectivity index (χ3v) is 4.83. The van der Waals surface area contributed by atoms with Crippen LogP contribution in [0.5, 0.6) is 0 Å². The topological polar surface area (TPSA) is 66.5 Å². The Labute approximate surface area is 202 Å². The third-order valence-electron chi connectivity index (χ3n) is 4.83. The second-order valence-corrected chi connectivity index (χ2v) is 7.30. The van der Waals surface area contributed by atoms with E-state index in [1.165, 1.54) is 11.1 Å². The molecule has 31 heavy (non-hydrogen) atoms. The van der Waals surface area contributed by atoms with Crippen LogP contribution >= 0.6 is 24.0 Å². The molecule has 1 heterocycles. The van der Waals surface area contributed by atoms with Gasteiger partial charge in [0.2, 0.25) is 0 Å². The van der Waals surface area contributed by atoms with E-state index >= 15 is 0 Å². The van der Waals surface area contributed by atoms with Crippen molar-refractivity contribution >= 4 is 29.9 Å². The van der Waals surface area contributed by atoms with Crippen molar-refractivity contribution < 1.29 is 0 Å². The molecule has 0 bridgehead atoms. The van der Waals surface area contributed by atoms with E-state index in [-0.39, 0.29) is 24.0 Å². The maximum Gasteiger partial charge on any atom is 0.188 e. The standard InChI is InChI=1S/C25H31N5.HI/c26-25(29-18-15-24-14-7-8-16-27-24)28-17-9-19-30(20-22-10-3-1-4-11-22)21-23-12-5-2-6-13-23;/h1-8,10-14,16H,9,15,17-21H2,(H3,26,28,29);1H. The Hall–Kier alpha value is -2.45. The van der Waals surface area contributed by atoms with E-state index in [0.717, 1.165) is 44.7 Å². The lowest BCUT2D eigenvalue weighted by atomic mass is 10.1. The number of pyridine rings is 1. The van der Waals surface area contributed by atoms with Crippen LogP contribution in [0, 0.1) is 0 Å². The number of halogens is 1. The van der Waals surface area contributed by atoms with Gasteiger partial charge in [-0.25, -0.2) is 0 Å². The Morgan fingerprint density at radius 1 is 0.871 bits per heavy atom. The number of nitrogens with one attached hydrogen (secondary N) is 1. The van der Waals surface area contributed by atoms with E-state index in [1.807, 2.05) is 24.4 Å². The summed E-state index contributed by atoms with van der Waals surface area (Å²) in [6.07, 6.45) is 3.60. The van der Waals surface area contributed by atoms with Crippen molar-refractivity contribution in [3.63, 3.8) is 0 Å². The van der Waals surface area contributed by atoms with Crippen molar-refractivity contribution in [3.8, 4) is 0 Å². The van der Waals surface area contributed by atoms with Gasteiger partial charge in [-0.2, -0.15) is 0 Å². The largest absolute Gasteiger partial charge is 0.370 e. The Morgan fingerprint density at radius 3 is 2.06 bits per heavy atom. The van der Waals surface area contributed by atoms with E-state index in [9.17, 15) is 0 Å². The Bertz CT molecular complexity index is 831. The molecule has 0 radical (unpaired) electrons. The van der Waals surface area contributed by atoms with Gasteiger partial charge in [0, 0.05) is 51.0 Å². The normalized spacial score (nSPS) is 11.2. The predicted octanol–water partition coefficient (Wildman–Crippen LogP) is 4.24. The first kappa shape index (κ1) is 24.8. The Morgan fingerprint density at radius 2 is 1.48 bits per heavy atom. The molecule has 0 fully saturated rings. The van der Waals surface area contributed by atoms with Gasteiger partial charge in [-0.05, 0) is 29.7 Å². The number of benzene rings is 2. The lowest BCUT2D eigenvalue weighted by Crippen LogP contribution is -2.33. The molecule has 0 unspecified atom stereocenters. The summed E-state index contributed by atoms with van der Waals surface area (Å²) >= 11 is 0. The van der Waals surface area contributed by atoms with E-state index in [1.54, 1.807) is 0 Å². The fourth-order valence-electron chi connectivity index (χ4n) is 3.31. The molecular formula is C25H32IN5. The molecule has 0 spiro atoms. The van der Waals surface area contributed by atoms with Crippen molar-refractivity contribution in [2.45, 2.75) is 25.9 Å². The molecule has 3 N–H and O–H groups in total. The van der Waals surface area contributed by atoms with Gasteiger partial charge in [0.05, 0.1) is 0 Å². The maximum absolute atomic E-state index is 6.01. The highest BCUT2D eigenvalue weighted by Crippen LogP contribution is 2.10. The average Bonchev–Trinajstić information content (AvgIpc) is 2.79. The average molecular weight is 529 g/mol. The second kappa shape index (κ2) is 14.5. The van der Waals surface area contributed by atoms with Crippen LogP contribution < -0.4 is 11.1 Å². The van der Waals surface area contributed by atoms with Gasteiger partial charge in [0.25, 0.3) is 0 Å². The molecule has 2 aromatic carbocycles. The van der Waals surface area contributed by atoms with E-state index in [4.69, 9.17) is 5.73 Å². The fourth-order valence-corrected chi connectivity index (χ4v) is 3.31. The number of nitrogens with zero attached hydrogens (tertiary/aromatic N) is 3. The second-order valence-electron chi connectivity index (χ2n) is 7.30. The quantitative estimate of drug-likeness (QED) is 0.169. The molecule has 5 nitrogen and oxygen atoms in total. The number of guanidine groups is 1. The van der Waals surface area contributed by atoms with E-state index in [0.29, 0.717) is 12.5 Å². The minimum Gasteiger partial charge on any atom is -0.370 e. The molecule has 3 aromatic rings. The first-order valence-electron chi connectivity index (χ1n) is 10.5. The fraction of sp³-hybridized carbons (Fsp3) is 0.280. The lowest BCUT2D eigenvalue weighted by Gasteiger charge is -2.22. The minimum atomic E-state index is 0. The monoisotopic (exact) mass is 529 g/mol. The summed E-state index contributed by atoms with van der Waals surface area (Å²) in [6, 6.07) is 27.2. The molecule has 3 rings (SSSR count). The van der Waals surface area contributed by atoms with Gasteiger partial charge in [-0.15, -0.1) is 24.0 Å². The van der Waals surface area contributed by atoms with E-state index in [2.05, 4.69) is 80.9 Å². The van der Waals surface area contributed by atoms with Crippen molar-refractivity contribution in [1.29, 1.82) is 0 Å². The Kier molecular flexibility index (Phi) is 11.6. The highest BCUT2D eigenvalue weighted by molar-refractivity contribution is 14.0. The van der Waals surface area contributed by atoms with Crippen molar-refractivity contribution in [2.75, 3.05) is 19.6 Å². The zero-order valence-corrected chi connectivity index (χ0v) is 20.2. The number of rotatable bonds is 11. The maximum atomic E-state index is 6.01. The summed E-state index contributed by atoms with van der Waals surface area (Å²) in [5.41, 5.74) is 9.71. The number of hydrogen-bond acceptors (Lipinski definition) is 3. The zero-order valence-electron chi connectivity index (χ0n) is 17.9. The van der Waals surface area contributed by atoms with Crippen LogP contribution in [0.4, 0.5) is 0 Å². The van der Waals surface area contributed by atoms with Crippen LogP contribution in [0.2, 0.25) is 0 Å². The van der Waals surface area contributed by atoms with Crippen LogP contribution in [0.15, 0.2) is 90.1 Å². The number of aromatic nitrogens is 1. The highest BCUT2D eigenvalue weighted by Gasteiger charge is 2.07. The molecule has 0 aliphatic heterocycles. The van der Waals surface area contributed by atoms with Gasteiger partial charge in [0.15, 0.2) is 5.96 Å². The molecule has 0 saturated carbocycles. The van der Waals surface area contributed by atoms with Gasteiger partial charge in [-0.1, -0.05) is 66.7 Å². The predicted molar refractivity (Wildman–Crippen MR) is 139 cm³/mol. The van der Waals surface area contributed by atoms with Crippen molar-refractivity contribution in [3.05, 3.63) is 102 Å². The van der Waals surface area contributed by atoms with Gasteiger partial charge in [-0.3, -0.25) is 14.9 Å². The molecule has 0 aliphatic rings. The number of aliphatic imine (C=N–C) groups is 1. The SMILES string of the molecule is I.NC(=NCCCN(Cc1ccccc1)Cc1ccccc1)NCCc1ccccn1. The van der Waals surface area contributed by atoms with Crippen LogP contribution in [0.1, 0.15) is 23.2 Å². The summed E-state index contributed by atoms with van der Waals surface area (Å²) in [5, 5.41) is 3.17. The first-order valence-corrected chi connectivity index (χ1v) is 10.5. The van der Waals surface area contributed by atoms with Crippen LogP contribution in [0.25, 0.3) is 0 Å². The highest BCUT2D eigenvalue weighted by atomic mass is 127. The van der Waals surface area contributed by atoms with Crippen molar-refractivity contribution in [2.24, 2.45) is 10.7 Å². The summed E-state index contributed by atoms with van der Waals surface area (Å²) in [6.45, 7) is 4.27. The molecule has 6 heteroatoms. The Balaban J connectivity index is 0.00000341. The molecular weight excluding hydrogens is 497 g/mol. The smallest absolute Gasteiger partial charge is 0.188 e. The summed E-state index contributed by atoms with van der Waals surface area (Å²) in [7, 11) is 0.